The Morgan fingerprint density at radius 3 is 2.57 bits per heavy atom. The Bertz CT molecular complexity index is 639. The average Bonchev–Trinajstić information content (AvgIpc) is 2.93. The molecule has 1 aliphatic heterocycles. The van der Waals surface area contributed by atoms with Crippen molar-refractivity contribution in [2.75, 3.05) is 18.4 Å². The van der Waals surface area contributed by atoms with E-state index >= 15 is 0 Å². The molecule has 1 saturated heterocycles. The van der Waals surface area contributed by atoms with Gasteiger partial charge in [0.1, 0.15) is 0 Å². The Hall–Kier alpha value is -1.11. The molecule has 0 bridgehead atoms. The van der Waals surface area contributed by atoms with Crippen LogP contribution in [0.4, 0.5) is 5.69 Å². The SMILES string of the molecule is CC1CCC(Nc2cccc(S(=O)(=O)N3CCC(O)CC3)c2)C1. The van der Waals surface area contributed by atoms with Gasteiger partial charge >= 0.3 is 0 Å². The number of piperidine rings is 1. The molecule has 2 unspecified atom stereocenters. The maximum Gasteiger partial charge on any atom is 0.243 e. The summed E-state index contributed by atoms with van der Waals surface area (Å²) in [5.74, 6) is 0.735. The van der Waals surface area contributed by atoms with Crippen LogP contribution in [-0.4, -0.2) is 43.1 Å². The zero-order valence-electron chi connectivity index (χ0n) is 13.6. The standard InChI is InChI=1S/C17H26N2O3S/c1-13-5-6-15(11-13)18-14-3-2-4-17(12-14)23(21,22)19-9-7-16(20)8-10-19/h2-4,12-13,15-16,18,20H,5-11H2,1H3. The topological polar surface area (TPSA) is 69.6 Å². The van der Waals surface area contributed by atoms with Crippen molar-refractivity contribution in [2.45, 2.75) is 56.1 Å². The summed E-state index contributed by atoms with van der Waals surface area (Å²) in [7, 11) is -3.47. The second-order valence-corrected chi connectivity index (χ2v) is 8.86. The van der Waals surface area contributed by atoms with Gasteiger partial charge in [0.25, 0.3) is 0 Å². The van der Waals surface area contributed by atoms with Crippen molar-refractivity contribution in [3.05, 3.63) is 24.3 Å². The molecule has 5 nitrogen and oxygen atoms in total. The average molecular weight is 338 g/mol. The minimum absolute atomic E-state index is 0.338. The highest BCUT2D eigenvalue weighted by Crippen LogP contribution is 2.29. The first-order valence-electron chi connectivity index (χ1n) is 8.50. The van der Waals surface area contributed by atoms with Crippen LogP contribution in [0, 0.1) is 5.92 Å². The number of anilines is 1. The zero-order valence-corrected chi connectivity index (χ0v) is 14.4. The highest BCUT2D eigenvalue weighted by atomic mass is 32.2. The Morgan fingerprint density at radius 2 is 1.91 bits per heavy atom. The monoisotopic (exact) mass is 338 g/mol. The summed E-state index contributed by atoms with van der Waals surface area (Å²) in [5, 5.41) is 13.0. The summed E-state index contributed by atoms with van der Waals surface area (Å²) < 4.78 is 27.0. The molecule has 1 aliphatic carbocycles. The second-order valence-electron chi connectivity index (χ2n) is 6.92. The number of aliphatic hydroxyl groups excluding tert-OH is 1. The molecule has 1 heterocycles. The minimum atomic E-state index is -3.47. The predicted octanol–water partition coefficient (Wildman–Crippen LogP) is 2.43. The fourth-order valence-corrected chi connectivity index (χ4v) is 5.07. The van der Waals surface area contributed by atoms with Crippen LogP contribution in [0.5, 0.6) is 0 Å². The van der Waals surface area contributed by atoms with Gasteiger partial charge in [-0.15, -0.1) is 0 Å². The van der Waals surface area contributed by atoms with Crippen molar-refractivity contribution in [1.82, 2.24) is 4.31 Å². The van der Waals surface area contributed by atoms with Crippen LogP contribution >= 0.6 is 0 Å². The van der Waals surface area contributed by atoms with Crippen LogP contribution in [0.15, 0.2) is 29.2 Å². The lowest BCUT2D eigenvalue weighted by Gasteiger charge is -2.29. The fraction of sp³-hybridized carbons (Fsp3) is 0.647. The van der Waals surface area contributed by atoms with E-state index in [1.807, 2.05) is 6.07 Å². The zero-order chi connectivity index (χ0) is 16.4. The molecule has 23 heavy (non-hydrogen) atoms. The highest BCUT2D eigenvalue weighted by Gasteiger charge is 2.29. The highest BCUT2D eigenvalue weighted by molar-refractivity contribution is 7.89. The predicted molar refractivity (Wildman–Crippen MR) is 90.9 cm³/mol. The minimum Gasteiger partial charge on any atom is -0.393 e. The van der Waals surface area contributed by atoms with Crippen LogP contribution in [0.25, 0.3) is 0 Å². The maximum atomic E-state index is 12.8. The Labute approximate surface area is 138 Å². The molecule has 1 aromatic rings. The van der Waals surface area contributed by atoms with Gasteiger partial charge in [-0.3, -0.25) is 0 Å². The molecule has 2 atom stereocenters. The van der Waals surface area contributed by atoms with Gasteiger partial charge in [-0.1, -0.05) is 13.0 Å². The molecule has 3 rings (SSSR count). The molecule has 1 saturated carbocycles. The first-order chi connectivity index (χ1) is 10.9. The number of nitrogens with one attached hydrogen (secondary N) is 1. The van der Waals surface area contributed by atoms with Crippen molar-refractivity contribution in [3.8, 4) is 0 Å². The Balaban J connectivity index is 1.73. The molecule has 128 valence electrons. The van der Waals surface area contributed by atoms with Gasteiger partial charge in [0.15, 0.2) is 0 Å². The lowest BCUT2D eigenvalue weighted by Crippen LogP contribution is -2.40. The molecule has 0 aromatic heterocycles. The van der Waals surface area contributed by atoms with Crippen LogP contribution in [-0.2, 0) is 10.0 Å². The van der Waals surface area contributed by atoms with Gasteiger partial charge in [-0.2, -0.15) is 4.31 Å². The number of rotatable bonds is 4. The number of sulfonamides is 1. The molecule has 6 heteroatoms. The van der Waals surface area contributed by atoms with E-state index in [1.165, 1.54) is 10.7 Å². The third kappa shape index (κ3) is 3.87. The van der Waals surface area contributed by atoms with Crippen LogP contribution in [0.1, 0.15) is 39.0 Å². The van der Waals surface area contributed by atoms with E-state index in [-0.39, 0.29) is 6.10 Å². The van der Waals surface area contributed by atoms with Gasteiger partial charge in [0.05, 0.1) is 11.0 Å². The number of nitrogens with zero attached hydrogens (tertiary/aromatic N) is 1. The van der Waals surface area contributed by atoms with Crippen LogP contribution < -0.4 is 5.32 Å². The summed E-state index contributed by atoms with van der Waals surface area (Å²) in [6.07, 6.45) is 4.15. The van der Waals surface area contributed by atoms with Crippen molar-refractivity contribution in [2.24, 2.45) is 5.92 Å². The number of hydrogen-bond donors (Lipinski definition) is 2. The summed E-state index contributed by atoms with van der Waals surface area (Å²) in [6.45, 7) is 3.04. The van der Waals surface area contributed by atoms with Gasteiger partial charge < -0.3 is 10.4 Å². The summed E-state index contributed by atoms with van der Waals surface area (Å²) in [6, 6.07) is 7.56. The van der Waals surface area contributed by atoms with Crippen LogP contribution in [0.3, 0.4) is 0 Å². The van der Waals surface area contributed by atoms with Gasteiger partial charge in [-0.25, -0.2) is 8.42 Å². The van der Waals surface area contributed by atoms with E-state index in [1.54, 1.807) is 18.2 Å². The molecule has 0 radical (unpaired) electrons. The smallest absolute Gasteiger partial charge is 0.243 e. The molecule has 1 aromatic carbocycles. The lowest BCUT2D eigenvalue weighted by atomic mass is 10.1. The third-order valence-corrected chi connectivity index (χ3v) is 6.86. The largest absolute Gasteiger partial charge is 0.393 e. The lowest BCUT2D eigenvalue weighted by molar-refractivity contribution is 0.113. The van der Waals surface area contributed by atoms with Gasteiger partial charge in [0, 0.05) is 24.8 Å². The number of aliphatic hydroxyl groups is 1. The molecular weight excluding hydrogens is 312 g/mol. The molecule has 2 aliphatic rings. The summed E-state index contributed by atoms with van der Waals surface area (Å²) in [5.41, 5.74) is 0.877. The third-order valence-electron chi connectivity index (χ3n) is 4.96. The molecule has 0 amide bonds. The van der Waals surface area contributed by atoms with E-state index in [9.17, 15) is 13.5 Å². The van der Waals surface area contributed by atoms with Gasteiger partial charge in [0.2, 0.25) is 10.0 Å². The van der Waals surface area contributed by atoms with Crippen molar-refractivity contribution in [1.29, 1.82) is 0 Å². The van der Waals surface area contributed by atoms with E-state index in [0.29, 0.717) is 36.9 Å². The van der Waals surface area contributed by atoms with Crippen molar-refractivity contribution < 1.29 is 13.5 Å². The quantitative estimate of drug-likeness (QED) is 0.885. The van der Waals surface area contributed by atoms with Gasteiger partial charge in [-0.05, 0) is 56.2 Å². The first kappa shape index (κ1) is 16.7. The van der Waals surface area contributed by atoms with E-state index in [4.69, 9.17) is 0 Å². The fourth-order valence-electron chi connectivity index (χ4n) is 3.55. The van der Waals surface area contributed by atoms with Crippen LogP contribution in [0.2, 0.25) is 0 Å². The number of benzene rings is 1. The van der Waals surface area contributed by atoms with E-state index < -0.39 is 10.0 Å². The van der Waals surface area contributed by atoms with Crippen molar-refractivity contribution in [3.63, 3.8) is 0 Å². The summed E-state index contributed by atoms with van der Waals surface area (Å²) in [4.78, 5) is 0.338. The summed E-state index contributed by atoms with van der Waals surface area (Å²) >= 11 is 0. The van der Waals surface area contributed by atoms with E-state index in [2.05, 4.69) is 12.2 Å². The molecule has 0 spiro atoms. The number of hydrogen-bond acceptors (Lipinski definition) is 4. The second kappa shape index (κ2) is 6.79. The first-order valence-corrected chi connectivity index (χ1v) is 9.94. The Morgan fingerprint density at radius 1 is 1.17 bits per heavy atom. The molecule has 2 fully saturated rings. The molecular formula is C17H26N2O3S. The molecule has 2 N–H and O–H groups in total. The normalized spacial score (nSPS) is 27.2. The van der Waals surface area contributed by atoms with Crippen molar-refractivity contribution >= 4 is 15.7 Å². The van der Waals surface area contributed by atoms with E-state index in [0.717, 1.165) is 24.4 Å². The maximum absolute atomic E-state index is 12.8. The Kier molecular flexibility index (Phi) is 4.94.